The highest BCUT2D eigenvalue weighted by atomic mass is 35.5. The molecule has 1 N–H and O–H groups in total. The zero-order chi connectivity index (χ0) is 19.0. The highest BCUT2D eigenvalue weighted by Gasteiger charge is 2.39. The van der Waals surface area contributed by atoms with E-state index in [9.17, 15) is 10.1 Å². The number of hydrogen-bond donors (Lipinski definition) is 1. The van der Waals surface area contributed by atoms with Crippen molar-refractivity contribution >= 4 is 17.4 Å². The van der Waals surface area contributed by atoms with E-state index in [1.54, 1.807) is 0 Å². The lowest BCUT2D eigenvalue weighted by atomic mass is 9.72. The van der Waals surface area contributed by atoms with E-state index in [2.05, 4.69) is 23.5 Å². The number of dihydropyridines is 1. The molecule has 1 heterocycles. The summed E-state index contributed by atoms with van der Waals surface area (Å²) < 4.78 is 0. The molecular formula is C23H19ClN2O. The van der Waals surface area contributed by atoms with Crippen molar-refractivity contribution in [1.82, 2.24) is 5.32 Å². The number of halogens is 1. The molecule has 0 amide bonds. The van der Waals surface area contributed by atoms with Crippen molar-refractivity contribution in [1.29, 1.82) is 5.26 Å². The average Bonchev–Trinajstić information content (AvgIpc) is 2.68. The van der Waals surface area contributed by atoms with Crippen LogP contribution in [-0.2, 0) is 4.79 Å². The fraction of sp³-hybridized carbons (Fsp3) is 0.217. The monoisotopic (exact) mass is 374 g/mol. The second kappa shape index (κ2) is 7.06. The van der Waals surface area contributed by atoms with Gasteiger partial charge in [0.25, 0.3) is 0 Å². The molecule has 0 aromatic heterocycles. The van der Waals surface area contributed by atoms with E-state index in [4.69, 9.17) is 11.6 Å². The first-order valence-corrected chi connectivity index (χ1v) is 9.41. The number of ketones is 1. The van der Waals surface area contributed by atoms with Gasteiger partial charge in [-0.05, 0) is 36.5 Å². The summed E-state index contributed by atoms with van der Waals surface area (Å²) in [5, 5.41) is 13.7. The van der Waals surface area contributed by atoms with Gasteiger partial charge in [0.1, 0.15) is 0 Å². The molecule has 4 rings (SSSR count). The Labute approximate surface area is 164 Å². The van der Waals surface area contributed by atoms with Crippen molar-refractivity contribution in [3.63, 3.8) is 0 Å². The van der Waals surface area contributed by atoms with Crippen molar-refractivity contribution in [2.75, 3.05) is 0 Å². The number of hydrogen-bond acceptors (Lipinski definition) is 3. The van der Waals surface area contributed by atoms with E-state index in [0.717, 1.165) is 23.4 Å². The Bertz CT molecular complexity index is 1010. The molecule has 1 aliphatic carbocycles. The Morgan fingerprint density at radius 1 is 1.07 bits per heavy atom. The van der Waals surface area contributed by atoms with E-state index in [1.807, 2.05) is 49.4 Å². The third-order valence-electron chi connectivity index (χ3n) is 5.44. The molecular weight excluding hydrogens is 356 g/mol. The molecule has 0 radical (unpaired) electrons. The molecule has 3 nitrogen and oxygen atoms in total. The lowest BCUT2D eigenvalue weighted by molar-refractivity contribution is -0.116. The predicted molar refractivity (Wildman–Crippen MR) is 106 cm³/mol. The van der Waals surface area contributed by atoms with Crippen LogP contribution in [0.4, 0.5) is 0 Å². The molecule has 2 atom stereocenters. The fourth-order valence-electron chi connectivity index (χ4n) is 4.17. The zero-order valence-electron chi connectivity index (χ0n) is 15.0. The topological polar surface area (TPSA) is 52.9 Å². The van der Waals surface area contributed by atoms with Gasteiger partial charge in [0.2, 0.25) is 0 Å². The van der Waals surface area contributed by atoms with Gasteiger partial charge in [0.05, 0.1) is 17.6 Å². The Morgan fingerprint density at radius 3 is 2.48 bits per heavy atom. The zero-order valence-corrected chi connectivity index (χ0v) is 15.8. The molecule has 2 unspecified atom stereocenters. The molecule has 134 valence electrons. The van der Waals surface area contributed by atoms with E-state index in [-0.39, 0.29) is 11.7 Å². The number of carbonyl (C=O) groups excluding carboxylic acids is 1. The van der Waals surface area contributed by atoms with Crippen LogP contribution >= 0.6 is 11.6 Å². The van der Waals surface area contributed by atoms with Gasteiger partial charge >= 0.3 is 0 Å². The van der Waals surface area contributed by atoms with Gasteiger partial charge in [0.15, 0.2) is 5.78 Å². The lowest BCUT2D eigenvalue weighted by Gasteiger charge is -2.36. The van der Waals surface area contributed by atoms with E-state index < -0.39 is 5.92 Å². The first-order valence-electron chi connectivity index (χ1n) is 9.03. The van der Waals surface area contributed by atoms with Crippen molar-refractivity contribution in [2.24, 2.45) is 0 Å². The Kier molecular flexibility index (Phi) is 4.59. The van der Waals surface area contributed by atoms with Crippen molar-refractivity contribution in [3.05, 3.63) is 93.3 Å². The summed E-state index contributed by atoms with van der Waals surface area (Å²) in [5.41, 5.74) is 4.95. The smallest absolute Gasteiger partial charge is 0.162 e. The number of rotatable bonds is 2. The number of nitrogens with zero attached hydrogens (tertiary/aromatic N) is 1. The third-order valence-corrected chi connectivity index (χ3v) is 5.78. The van der Waals surface area contributed by atoms with Crippen LogP contribution in [0.25, 0.3) is 0 Å². The minimum atomic E-state index is -0.399. The summed E-state index contributed by atoms with van der Waals surface area (Å²) in [6.45, 7) is 1.89. The second-order valence-corrected chi connectivity index (χ2v) is 7.47. The molecule has 2 aromatic rings. The van der Waals surface area contributed by atoms with Gasteiger partial charge in [-0.25, -0.2) is 0 Å². The minimum absolute atomic E-state index is 0.0859. The number of nitriles is 1. The lowest BCUT2D eigenvalue weighted by Crippen LogP contribution is -2.33. The summed E-state index contributed by atoms with van der Waals surface area (Å²) in [6, 6.07) is 19.9. The Morgan fingerprint density at radius 2 is 1.78 bits per heavy atom. The molecule has 0 fully saturated rings. The maximum Gasteiger partial charge on any atom is 0.162 e. The summed E-state index contributed by atoms with van der Waals surface area (Å²) in [4.78, 5) is 13.2. The average molecular weight is 375 g/mol. The summed E-state index contributed by atoms with van der Waals surface area (Å²) >= 11 is 6.44. The summed E-state index contributed by atoms with van der Waals surface area (Å²) in [7, 11) is 0. The highest BCUT2D eigenvalue weighted by molar-refractivity contribution is 6.31. The molecule has 0 bridgehead atoms. The van der Waals surface area contributed by atoms with Gasteiger partial charge < -0.3 is 5.32 Å². The maximum absolute atomic E-state index is 13.2. The first kappa shape index (κ1) is 17.6. The molecule has 4 heteroatoms. The van der Waals surface area contributed by atoms with E-state index in [1.165, 1.54) is 5.56 Å². The maximum atomic E-state index is 13.2. The third kappa shape index (κ3) is 3.07. The molecule has 2 aliphatic rings. The summed E-state index contributed by atoms with van der Waals surface area (Å²) in [5.74, 6) is -0.166. The second-order valence-electron chi connectivity index (χ2n) is 7.06. The van der Waals surface area contributed by atoms with Crippen LogP contribution in [-0.4, -0.2) is 5.78 Å². The van der Waals surface area contributed by atoms with Gasteiger partial charge in [0, 0.05) is 28.4 Å². The van der Waals surface area contributed by atoms with Crippen LogP contribution < -0.4 is 5.32 Å². The largest absolute Gasteiger partial charge is 0.361 e. The predicted octanol–water partition coefficient (Wildman–Crippen LogP) is 5.23. The van der Waals surface area contributed by atoms with Gasteiger partial charge in [-0.1, -0.05) is 60.1 Å². The minimum Gasteiger partial charge on any atom is -0.361 e. The molecule has 0 saturated carbocycles. The number of nitrogens with one attached hydrogen (secondary N) is 1. The molecule has 0 saturated heterocycles. The molecule has 2 aromatic carbocycles. The van der Waals surface area contributed by atoms with Crippen LogP contribution in [0.2, 0.25) is 5.02 Å². The van der Waals surface area contributed by atoms with Crippen LogP contribution in [0.3, 0.4) is 0 Å². The molecule has 27 heavy (non-hydrogen) atoms. The first-order chi connectivity index (χ1) is 13.1. The van der Waals surface area contributed by atoms with Crippen molar-refractivity contribution < 1.29 is 4.79 Å². The van der Waals surface area contributed by atoms with E-state index in [0.29, 0.717) is 22.6 Å². The fourth-order valence-corrected chi connectivity index (χ4v) is 4.41. The van der Waals surface area contributed by atoms with Crippen LogP contribution in [0.1, 0.15) is 42.7 Å². The Hall–Kier alpha value is -2.83. The Balaban J connectivity index is 1.82. The van der Waals surface area contributed by atoms with Gasteiger partial charge in [-0.2, -0.15) is 5.26 Å². The highest BCUT2D eigenvalue weighted by Crippen LogP contribution is 2.46. The number of allylic oxidation sites excluding steroid dienone is 4. The van der Waals surface area contributed by atoms with E-state index >= 15 is 0 Å². The SMILES string of the molecule is CC1=C(C#N)C(c2ccccc2Cl)C2=C(CC(c3ccccc3)CC2=O)N1. The molecule has 0 spiro atoms. The van der Waals surface area contributed by atoms with Crippen LogP contribution in [0, 0.1) is 11.3 Å². The summed E-state index contributed by atoms with van der Waals surface area (Å²) in [6.07, 6.45) is 1.20. The number of carbonyl (C=O) groups is 1. The van der Waals surface area contributed by atoms with Crippen molar-refractivity contribution in [3.8, 4) is 6.07 Å². The van der Waals surface area contributed by atoms with Crippen LogP contribution in [0.15, 0.2) is 77.1 Å². The number of benzene rings is 2. The van der Waals surface area contributed by atoms with Crippen LogP contribution in [0.5, 0.6) is 0 Å². The normalized spacial score (nSPS) is 22.2. The quantitative estimate of drug-likeness (QED) is 0.783. The number of Topliss-reactive ketones (excluding diaryl/α,β-unsaturated/α-hetero) is 1. The van der Waals surface area contributed by atoms with Crippen molar-refractivity contribution in [2.45, 2.75) is 31.6 Å². The standard InChI is InChI=1S/C23H19ClN2O/c1-14-18(13-25)22(17-9-5-6-10-19(17)24)23-20(26-14)11-16(12-21(23)27)15-7-3-2-4-8-15/h2-10,16,22,26H,11-12H2,1H3. The molecule has 1 aliphatic heterocycles. The van der Waals surface area contributed by atoms with Gasteiger partial charge in [-0.15, -0.1) is 0 Å². The van der Waals surface area contributed by atoms with Gasteiger partial charge in [-0.3, -0.25) is 4.79 Å².